The summed E-state index contributed by atoms with van der Waals surface area (Å²) in [5, 5.41) is 0. The molecule has 0 bridgehead atoms. The first-order chi connectivity index (χ1) is 8.18. The zero-order chi connectivity index (χ0) is 12.3. The van der Waals surface area contributed by atoms with Crippen LogP contribution >= 0.6 is 0 Å². The van der Waals surface area contributed by atoms with Crippen LogP contribution in [-0.2, 0) is 4.79 Å². The van der Waals surface area contributed by atoms with Gasteiger partial charge >= 0.3 is 0 Å². The quantitative estimate of drug-likeness (QED) is 0.689. The number of hydrogen-bond donors (Lipinski definition) is 1. The van der Waals surface area contributed by atoms with Gasteiger partial charge in [0.25, 0.3) is 0 Å². The van der Waals surface area contributed by atoms with Crippen molar-refractivity contribution in [3.05, 3.63) is 0 Å². The van der Waals surface area contributed by atoms with Gasteiger partial charge in [-0.05, 0) is 12.8 Å². The summed E-state index contributed by atoms with van der Waals surface area (Å²) in [6, 6.07) is 0.882. The van der Waals surface area contributed by atoms with Crippen LogP contribution in [-0.4, -0.2) is 54.0 Å². The first kappa shape index (κ1) is 12.8. The molecular formula is C13H25N3O. The molecule has 0 aromatic heterocycles. The maximum absolute atomic E-state index is 11.3. The molecule has 2 N–H and O–H groups in total. The van der Waals surface area contributed by atoms with Crippen molar-refractivity contribution in [1.82, 2.24) is 9.80 Å². The lowest BCUT2D eigenvalue weighted by Crippen LogP contribution is -2.55. The molecule has 0 radical (unpaired) electrons. The van der Waals surface area contributed by atoms with Gasteiger partial charge in [-0.3, -0.25) is 9.69 Å². The number of rotatable bonds is 1. The first-order valence-electron chi connectivity index (χ1n) is 6.93. The largest absolute Gasteiger partial charge is 0.340 e. The Hall–Kier alpha value is -0.610. The first-order valence-corrected chi connectivity index (χ1v) is 6.93. The third kappa shape index (κ3) is 3.19. The van der Waals surface area contributed by atoms with Gasteiger partial charge in [0.05, 0.1) is 0 Å². The topological polar surface area (TPSA) is 49.6 Å². The Balaban J connectivity index is 1.88. The number of hydrogen-bond acceptors (Lipinski definition) is 3. The van der Waals surface area contributed by atoms with Crippen molar-refractivity contribution in [2.45, 2.75) is 51.1 Å². The van der Waals surface area contributed by atoms with Crippen molar-refractivity contribution >= 4 is 5.91 Å². The Morgan fingerprint density at radius 1 is 1.06 bits per heavy atom. The molecule has 1 amide bonds. The van der Waals surface area contributed by atoms with Crippen molar-refractivity contribution in [3.63, 3.8) is 0 Å². The second-order valence-electron chi connectivity index (χ2n) is 5.41. The molecule has 1 saturated carbocycles. The maximum atomic E-state index is 11.3. The third-order valence-electron chi connectivity index (χ3n) is 4.26. The van der Waals surface area contributed by atoms with Crippen molar-refractivity contribution in [3.8, 4) is 0 Å². The number of amides is 1. The Bertz CT molecular complexity index is 261. The minimum atomic E-state index is 0.204. The minimum Gasteiger partial charge on any atom is -0.340 e. The van der Waals surface area contributed by atoms with Gasteiger partial charge in [-0.1, -0.05) is 19.3 Å². The molecule has 2 atom stereocenters. The van der Waals surface area contributed by atoms with E-state index in [4.69, 9.17) is 5.73 Å². The summed E-state index contributed by atoms with van der Waals surface area (Å²) in [5.74, 6) is 0.204. The van der Waals surface area contributed by atoms with Gasteiger partial charge in [-0.2, -0.15) is 0 Å². The summed E-state index contributed by atoms with van der Waals surface area (Å²) in [5.41, 5.74) is 6.28. The molecule has 17 heavy (non-hydrogen) atoms. The second-order valence-corrected chi connectivity index (χ2v) is 5.41. The molecule has 1 aliphatic heterocycles. The molecule has 98 valence electrons. The zero-order valence-corrected chi connectivity index (χ0v) is 10.9. The number of nitrogens with two attached hydrogens (primary N) is 1. The van der Waals surface area contributed by atoms with Gasteiger partial charge in [-0.25, -0.2) is 0 Å². The molecule has 1 saturated heterocycles. The SMILES string of the molecule is CC(=O)N1CCN(C2CCCCCC2N)CC1. The second kappa shape index (κ2) is 5.83. The monoisotopic (exact) mass is 239 g/mol. The minimum absolute atomic E-state index is 0.204. The Labute approximate surface area is 104 Å². The van der Waals surface area contributed by atoms with E-state index in [1.165, 1.54) is 25.7 Å². The molecule has 4 nitrogen and oxygen atoms in total. The number of piperazine rings is 1. The molecule has 2 aliphatic rings. The van der Waals surface area contributed by atoms with Crippen LogP contribution in [0.4, 0.5) is 0 Å². The lowest BCUT2D eigenvalue weighted by atomic mass is 10.0. The molecule has 1 heterocycles. The van der Waals surface area contributed by atoms with Crippen molar-refractivity contribution < 1.29 is 4.79 Å². The Morgan fingerprint density at radius 3 is 2.35 bits per heavy atom. The molecule has 0 aromatic rings. The van der Waals surface area contributed by atoms with E-state index in [9.17, 15) is 4.79 Å². The van der Waals surface area contributed by atoms with Crippen molar-refractivity contribution in [2.24, 2.45) is 5.73 Å². The van der Waals surface area contributed by atoms with Crippen LogP contribution in [0.1, 0.15) is 39.0 Å². The fourth-order valence-electron chi connectivity index (χ4n) is 3.14. The van der Waals surface area contributed by atoms with E-state index >= 15 is 0 Å². The fourth-order valence-corrected chi connectivity index (χ4v) is 3.14. The average molecular weight is 239 g/mol. The summed E-state index contributed by atoms with van der Waals surface area (Å²) in [7, 11) is 0. The van der Waals surface area contributed by atoms with Crippen LogP contribution in [0.2, 0.25) is 0 Å². The van der Waals surface area contributed by atoms with Crippen LogP contribution in [0.5, 0.6) is 0 Å². The van der Waals surface area contributed by atoms with E-state index in [1.54, 1.807) is 6.92 Å². The van der Waals surface area contributed by atoms with Gasteiger partial charge in [0.15, 0.2) is 0 Å². The van der Waals surface area contributed by atoms with Crippen LogP contribution in [0.3, 0.4) is 0 Å². The Morgan fingerprint density at radius 2 is 1.71 bits per heavy atom. The molecule has 0 spiro atoms. The van der Waals surface area contributed by atoms with Crippen LogP contribution in [0.15, 0.2) is 0 Å². The summed E-state index contributed by atoms with van der Waals surface area (Å²) in [6.45, 7) is 5.40. The number of carbonyl (C=O) groups excluding carboxylic acids is 1. The molecular weight excluding hydrogens is 214 g/mol. The lowest BCUT2D eigenvalue weighted by molar-refractivity contribution is -0.130. The summed E-state index contributed by atoms with van der Waals surface area (Å²) in [4.78, 5) is 15.7. The van der Waals surface area contributed by atoms with E-state index in [0.29, 0.717) is 12.1 Å². The van der Waals surface area contributed by atoms with E-state index < -0.39 is 0 Å². The summed E-state index contributed by atoms with van der Waals surface area (Å²) in [6.07, 6.45) is 6.33. The van der Waals surface area contributed by atoms with Gasteiger partial charge in [0.1, 0.15) is 0 Å². The molecule has 2 rings (SSSR count). The highest BCUT2D eigenvalue weighted by Gasteiger charge is 2.29. The van der Waals surface area contributed by atoms with Crippen LogP contribution in [0, 0.1) is 0 Å². The highest BCUT2D eigenvalue weighted by molar-refractivity contribution is 5.73. The highest BCUT2D eigenvalue weighted by atomic mass is 16.2. The Kier molecular flexibility index (Phi) is 4.40. The molecule has 0 aromatic carbocycles. The van der Waals surface area contributed by atoms with Gasteiger partial charge in [-0.15, -0.1) is 0 Å². The number of nitrogens with zero attached hydrogens (tertiary/aromatic N) is 2. The fraction of sp³-hybridized carbons (Fsp3) is 0.923. The zero-order valence-electron chi connectivity index (χ0n) is 10.9. The van der Waals surface area contributed by atoms with E-state index in [0.717, 1.165) is 32.6 Å². The molecule has 1 aliphatic carbocycles. The molecule has 4 heteroatoms. The van der Waals surface area contributed by atoms with Crippen molar-refractivity contribution in [1.29, 1.82) is 0 Å². The maximum Gasteiger partial charge on any atom is 0.219 e. The number of carbonyl (C=O) groups is 1. The molecule has 2 unspecified atom stereocenters. The predicted molar refractivity (Wildman–Crippen MR) is 68.7 cm³/mol. The highest BCUT2D eigenvalue weighted by Crippen LogP contribution is 2.22. The normalized spacial score (nSPS) is 32.2. The third-order valence-corrected chi connectivity index (χ3v) is 4.26. The van der Waals surface area contributed by atoms with E-state index in [1.807, 2.05) is 4.90 Å². The average Bonchev–Trinajstić information content (AvgIpc) is 2.54. The lowest BCUT2D eigenvalue weighted by Gasteiger charge is -2.40. The van der Waals surface area contributed by atoms with Crippen LogP contribution < -0.4 is 5.73 Å². The summed E-state index contributed by atoms with van der Waals surface area (Å²) < 4.78 is 0. The van der Waals surface area contributed by atoms with E-state index in [-0.39, 0.29) is 5.91 Å². The van der Waals surface area contributed by atoms with Gasteiger partial charge < -0.3 is 10.6 Å². The predicted octanol–water partition coefficient (Wildman–Crippen LogP) is 0.811. The molecule has 2 fully saturated rings. The van der Waals surface area contributed by atoms with Crippen molar-refractivity contribution in [2.75, 3.05) is 26.2 Å². The van der Waals surface area contributed by atoms with Gasteiger partial charge in [0, 0.05) is 45.2 Å². The standard InChI is InChI=1S/C13H25N3O/c1-11(17)15-7-9-16(10-8-15)13-6-4-2-3-5-12(13)14/h12-13H,2-10,14H2,1H3. The van der Waals surface area contributed by atoms with Crippen LogP contribution in [0.25, 0.3) is 0 Å². The summed E-state index contributed by atoms with van der Waals surface area (Å²) >= 11 is 0. The smallest absolute Gasteiger partial charge is 0.219 e. The van der Waals surface area contributed by atoms with Gasteiger partial charge in [0.2, 0.25) is 5.91 Å². The van der Waals surface area contributed by atoms with E-state index in [2.05, 4.69) is 4.90 Å².